The summed E-state index contributed by atoms with van der Waals surface area (Å²) in [6.07, 6.45) is 0. The third kappa shape index (κ3) is 3.32. The molecule has 0 atom stereocenters. The van der Waals surface area contributed by atoms with Crippen LogP contribution >= 0.6 is 12.4 Å². The van der Waals surface area contributed by atoms with E-state index in [4.69, 9.17) is 15.2 Å². The Labute approximate surface area is 82.8 Å². The monoisotopic (exact) mass is 203 g/mol. The summed E-state index contributed by atoms with van der Waals surface area (Å²) in [6, 6.07) is 3.02. The predicted molar refractivity (Wildman–Crippen MR) is 52.0 cm³/mol. The molecular weight excluding hydrogens is 192 g/mol. The van der Waals surface area contributed by atoms with E-state index in [0.29, 0.717) is 16.9 Å². The van der Waals surface area contributed by atoms with E-state index >= 15 is 0 Å². The van der Waals surface area contributed by atoms with Crippen molar-refractivity contribution in [2.45, 2.75) is 13.5 Å². The van der Waals surface area contributed by atoms with Crippen LogP contribution in [0.5, 0.6) is 0 Å². The maximum atomic E-state index is 8.81. The summed E-state index contributed by atoms with van der Waals surface area (Å²) in [7, 11) is -1.50. The molecule has 0 aliphatic heterocycles. The zero-order valence-corrected chi connectivity index (χ0v) is 7.95. The van der Waals surface area contributed by atoms with Crippen LogP contribution in [0.1, 0.15) is 11.4 Å². The van der Waals surface area contributed by atoms with Crippen molar-refractivity contribution in [1.29, 1.82) is 0 Å². The minimum Gasteiger partial charge on any atom is -0.423 e. The van der Waals surface area contributed by atoms with Gasteiger partial charge in [-0.05, 0) is 24.5 Å². The minimum absolute atomic E-state index is 0. The van der Waals surface area contributed by atoms with Crippen molar-refractivity contribution in [3.8, 4) is 0 Å². The number of hydrogen-bond acceptors (Lipinski definition) is 4. The molecular formula is C7H11BClNO3. The Bertz CT molecular complexity index is 282. The number of halogens is 1. The molecule has 0 radical (unpaired) electrons. The van der Waals surface area contributed by atoms with E-state index in [1.54, 1.807) is 13.0 Å². The normalized spacial score (nSPS) is 9.23. The standard InChI is InChI=1S/C7H10BNO3.ClH/c1-5-2-6(8(11)12)3-7(4-10)9-5;/h2-3,10-12H,4H2,1H3;1H. The van der Waals surface area contributed by atoms with Gasteiger partial charge in [0.05, 0.1) is 12.3 Å². The van der Waals surface area contributed by atoms with Crippen LogP contribution in [0.25, 0.3) is 0 Å². The summed E-state index contributed by atoms with van der Waals surface area (Å²) in [5.74, 6) is 0. The molecule has 0 aliphatic carbocycles. The molecule has 1 rings (SSSR count). The number of hydrogen-bond donors (Lipinski definition) is 3. The molecule has 1 aromatic heterocycles. The van der Waals surface area contributed by atoms with Crippen LogP contribution in [0, 0.1) is 6.92 Å². The van der Waals surface area contributed by atoms with Gasteiger partial charge < -0.3 is 15.2 Å². The van der Waals surface area contributed by atoms with E-state index in [0.717, 1.165) is 0 Å². The van der Waals surface area contributed by atoms with E-state index in [1.807, 2.05) is 0 Å². The maximum Gasteiger partial charge on any atom is 0.488 e. The largest absolute Gasteiger partial charge is 0.488 e. The fraction of sp³-hybridized carbons (Fsp3) is 0.286. The molecule has 3 N–H and O–H groups in total. The SMILES string of the molecule is Cc1cc(B(O)O)cc(CO)n1.Cl. The maximum absolute atomic E-state index is 8.81. The van der Waals surface area contributed by atoms with Gasteiger partial charge in [-0.1, -0.05) is 0 Å². The van der Waals surface area contributed by atoms with E-state index in [-0.39, 0.29) is 19.0 Å². The highest BCUT2D eigenvalue weighted by Crippen LogP contribution is 1.96. The Kier molecular flexibility index (Phi) is 4.94. The fourth-order valence-corrected chi connectivity index (χ4v) is 0.996. The Balaban J connectivity index is 0.00000144. The van der Waals surface area contributed by atoms with Gasteiger partial charge in [-0.2, -0.15) is 0 Å². The first-order valence-electron chi connectivity index (χ1n) is 3.58. The Morgan fingerprint density at radius 2 is 2.00 bits per heavy atom. The molecule has 1 aromatic rings. The summed E-state index contributed by atoms with van der Waals surface area (Å²) in [4.78, 5) is 3.96. The van der Waals surface area contributed by atoms with Crippen molar-refractivity contribution in [3.05, 3.63) is 23.5 Å². The van der Waals surface area contributed by atoms with Gasteiger partial charge in [0.25, 0.3) is 0 Å². The van der Waals surface area contributed by atoms with Crippen molar-refractivity contribution in [2.24, 2.45) is 0 Å². The first-order valence-corrected chi connectivity index (χ1v) is 3.58. The highest BCUT2D eigenvalue weighted by molar-refractivity contribution is 6.58. The van der Waals surface area contributed by atoms with Gasteiger partial charge in [-0.3, -0.25) is 4.98 Å². The summed E-state index contributed by atoms with van der Waals surface area (Å²) in [5.41, 5.74) is 1.45. The van der Waals surface area contributed by atoms with Gasteiger partial charge in [-0.25, -0.2) is 0 Å². The van der Waals surface area contributed by atoms with Crippen molar-refractivity contribution >= 4 is 25.0 Å². The second-order valence-corrected chi connectivity index (χ2v) is 2.56. The van der Waals surface area contributed by atoms with Crippen LogP contribution in [0.4, 0.5) is 0 Å². The zero-order valence-electron chi connectivity index (χ0n) is 7.14. The second kappa shape index (κ2) is 5.19. The van der Waals surface area contributed by atoms with E-state index in [9.17, 15) is 0 Å². The Morgan fingerprint density at radius 3 is 2.46 bits per heavy atom. The van der Waals surface area contributed by atoms with Crippen molar-refractivity contribution in [1.82, 2.24) is 4.98 Å². The first-order chi connectivity index (χ1) is 5.63. The average Bonchev–Trinajstić information content (AvgIpc) is 2.03. The van der Waals surface area contributed by atoms with Crippen LogP contribution in [0.2, 0.25) is 0 Å². The third-order valence-electron chi connectivity index (χ3n) is 1.49. The topological polar surface area (TPSA) is 73.6 Å². The molecule has 13 heavy (non-hydrogen) atoms. The lowest BCUT2D eigenvalue weighted by Crippen LogP contribution is -2.30. The number of aliphatic hydroxyl groups excluding tert-OH is 1. The molecule has 0 bridgehead atoms. The Hall–Kier alpha value is -0.615. The molecule has 0 fully saturated rings. The molecule has 0 saturated carbocycles. The lowest BCUT2D eigenvalue weighted by Gasteiger charge is -2.03. The molecule has 72 valence electrons. The minimum atomic E-state index is -1.50. The summed E-state index contributed by atoms with van der Waals surface area (Å²) in [5, 5.41) is 26.4. The van der Waals surface area contributed by atoms with Crippen molar-refractivity contribution in [2.75, 3.05) is 0 Å². The smallest absolute Gasteiger partial charge is 0.423 e. The first kappa shape index (κ1) is 12.4. The van der Waals surface area contributed by atoms with Gasteiger partial charge >= 0.3 is 7.12 Å². The van der Waals surface area contributed by atoms with E-state index < -0.39 is 7.12 Å². The molecule has 1 heterocycles. The van der Waals surface area contributed by atoms with E-state index in [2.05, 4.69) is 4.98 Å². The fourth-order valence-electron chi connectivity index (χ4n) is 0.996. The van der Waals surface area contributed by atoms with Gasteiger partial charge in [-0.15, -0.1) is 12.4 Å². The Morgan fingerprint density at radius 1 is 1.38 bits per heavy atom. The summed E-state index contributed by atoms with van der Waals surface area (Å²) in [6.45, 7) is 1.53. The number of nitrogens with zero attached hydrogens (tertiary/aromatic N) is 1. The third-order valence-corrected chi connectivity index (χ3v) is 1.49. The van der Waals surface area contributed by atoms with Gasteiger partial charge in [0.1, 0.15) is 0 Å². The van der Waals surface area contributed by atoms with Crippen LogP contribution in [0.3, 0.4) is 0 Å². The average molecular weight is 203 g/mol. The summed E-state index contributed by atoms with van der Waals surface area (Å²) >= 11 is 0. The van der Waals surface area contributed by atoms with Crippen LogP contribution in [-0.2, 0) is 6.61 Å². The van der Waals surface area contributed by atoms with Gasteiger partial charge in [0.2, 0.25) is 0 Å². The van der Waals surface area contributed by atoms with Crippen molar-refractivity contribution < 1.29 is 15.2 Å². The van der Waals surface area contributed by atoms with Gasteiger partial charge in [0.15, 0.2) is 0 Å². The molecule has 0 unspecified atom stereocenters. The van der Waals surface area contributed by atoms with Gasteiger partial charge in [0, 0.05) is 5.69 Å². The highest BCUT2D eigenvalue weighted by atomic mass is 35.5. The lowest BCUT2D eigenvalue weighted by atomic mass is 9.80. The predicted octanol–water partition coefficient (Wildman–Crippen LogP) is -1.02. The van der Waals surface area contributed by atoms with Crippen molar-refractivity contribution in [3.63, 3.8) is 0 Å². The zero-order chi connectivity index (χ0) is 9.14. The van der Waals surface area contributed by atoms with E-state index in [1.165, 1.54) is 6.07 Å². The molecule has 0 saturated heterocycles. The molecule has 4 nitrogen and oxygen atoms in total. The second-order valence-electron chi connectivity index (χ2n) is 2.56. The lowest BCUT2D eigenvalue weighted by molar-refractivity contribution is 0.276. The highest BCUT2D eigenvalue weighted by Gasteiger charge is 2.12. The number of aromatic nitrogens is 1. The number of aliphatic hydroxyl groups is 1. The number of pyridine rings is 1. The molecule has 6 heteroatoms. The summed E-state index contributed by atoms with van der Waals surface area (Å²) < 4.78 is 0. The van der Waals surface area contributed by atoms with Crippen LogP contribution < -0.4 is 5.46 Å². The number of rotatable bonds is 2. The molecule has 0 aromatic carbocycles. The molecule has 0 spiro atoms. The molecule has 0 amide bonds. The van der Waals surface area contributed by atoms with Crippen LogP contribution in [-0.4, -0.2) is 27.3 Å². The number of aryl methyl sites for hydroxylation is 1. The quantitative estimate of drug-likeness (QED) is 0.538. The molecule has 0 aliphatic rings. The van der Waals surface area contributed by atoms with Crippen LogP contribution in [0.15, 0.2) is 12.1 Å².